The second-order valence-electron chi connectivity index (χ2n) is 9.77. The first-order chi connectivity index (χ1) is 22.2. The van der Waals surface area contributed by atoms with Gasteiger partial charge in [-0.15, -0.1) is 0 Å². The fraction of sp³-hybridized carbons (Fsp3) is 0.250. The summed E-state index contributed by atoms with van der Waals surface area (Å²) in [7, 11) is 0. The standard InChI is InChI=1S/C32H33N5O8S/c1-4-42-27-16-21(13-14-26(27)44-18-22-9-8-10-23(15-22)37(40)41)17-33-36-28(38)19-45-25-12-7-6-11-24(25)30-29(31(39)43-5-2)20(3)34-32(46)35-30/h6-17,30H,4-5,18-19H2,1-3H3,(H,36,38)(H2,34,35,46)/t30-/m0/s1. The largest absolute Gasteiger partial charge is 0.490 e. The second-order valence-corrected chi connectivity index (χ2v) is 10.2. The number of nitrogens with one attached hydrogen (secondary N) is 3. The van der Waals surface area contributed by atoms with Crippen LogP contribution in [0.25, 0.3) is 0 Å². The zero-order valence-corrected chi connectivity index (χ0v) is 26.2. The Morgan fingerprint density at radius 2 is 1.80 bits per heavy atom. The average molecular weight is 648 g/mol. The van der Waals surface area contributed by atoms with Crippen LogP contribution in [0.2, 0.25) is 0 Å². The number of non-ortho nitro benzene ring substituents is 1. The first kappa shape index (κ1) is 33.4. The molecular weight excluding hydrogens is 614 g/mol. The van der Waals surface area contributed by atoms with Crippen molar-refractivity contribution in [2.45, 2.75) is 33.4 Å². The summed E-state index contributed by atoms with van der Waals surface area (Å²) in [4.78, 5) is 35.9. The van der Waals surface area contributed by atoms with Gasteiger partial charge in [0.05, 0.1) is 36.0 Å². The highest BCUT2D eigenvalue weighted by Crippen LogP contribution is 2.34. The predicted molar refractivity (Wildman–Crippen MR) is 174 cm³/mol. The number of hydrogen-bond acceptors (Lipinski definition) is 10. The summed E-state index contributed by atoms with van der Waals surface area (Å²) in [5.41, 5.74) is 5.19. The molecule has 0 aromatic heterocycles. The number of hydrogen-bond donors (Lipinski definition) is 3. The molecule has 1 amide bonds. The van der Waals surface area contributed by atoms with E-state index in [9.17, 15) is 19.7 Å². The monoisotopic (exact) mass is 647 g/mol. The molecule has 0 spiro atoms. The van der Waals surface area contributed by atoms with Gasteiger partial charge in [-0.25, -0.2) is 10.2 Å². The maximum Gasteiger partial charge on any atom is 0.338 e. The number of esters is 1. The number of hydrazone groups is 1. The number of carbonyl (C=O) groups is 2. The van der Waals surface area contributed by atoms with Crippen LogP contribution in [-0.4, -0.2) is 47.9 Å². The van der Waals surface area contributed by atoms with E-state index in [4.69, 9.17) is 31.2 Å². The fourth-order valence-electron chi connectivity index (χ4n) is 4.52. The van der Waals surface area contributed by atoms with Crippen LogP contribution < -0.4 is 30.3 Å². The van der Waals surface area contributed by atoms with Crippen LogP contribution in [-0.2, 0) is 20.9 Å². The van der Waals surface area contributed by atoms with Crippen molar-refractivity contribution in [2.75, 3.05) is 19.8 Å². The third-order valence-corrected chi connectivity index (χ3v) is 6.76. The van der Waals surface area contributed by atoms with Crippen molar-refractivity contribution in [2.24, 2.45) is 5.10 Å². The van der Waals surface area contributed by atoms with E-state index >= 15 is 0 Å². The summed E-state index contributed by atoms with van der Waals surface area (Å²) in [6, 6.07) is 17.7. The molecule has 4 rings (SSSR count). The van der Waals surface area contributed by atoms with E-state index < -0.39 is 22.8 Å². The lowest BCUT2D eigenvalue weighted by atomic mass is 9.95. The molecule has 0 saturated heterocycles. The lowest BCUT2D eigenvalue weighted by Gasteiger charge is -2.30. The molecule has 0 bridgehead atoms. The first-order valence-corrected chi connectivity index (χ1v) is 14.7. The molecule has 1 aliphatic heterocycles. The Morgan fingerprint density at radius 3 is 2.57 bits per heavy atom. The van der Waals surface area contributed by atoms with Crippen LogP contribution in [0.4, 0.5) is 5.69 Å². The molecule has 0 radical (unpaired) electrons. The average Bonchev–Trinajstić information content (AvgIpc) is 3.03. The Morgan fingerprint density at radius 1 is 1.00 bits per heavy atom. The van der Waals surface area contributed by atoms with E-state index in [1.54, 1.807) is 68.4 Å². The minimum Gasteiger partial charge on any atom is -0.490 e. The number of allylic oxidation sites excluding steroid dienone is 1. The van der Waals surface area contributed by atoms with Gasteiger partial charge in [0.15, 0.2) is 23.2 Å². The number of nitro benzene ring substituents is 1. The van der Waals surface area contributed by atoms with Gasteiger partial charge < -0.3 is 29.6 Å². The van der Waals surface area contributed by atoms with Gasteiger partial charge >= 0.3 is 5.97 Å². The predicted octanol–water partition coefficient (Wildman–Crippen LogP) is 4.46. The zero-order chi connectivity index (χ0) is 33.1. The number of rotatable bonds is 14. The molecule has 1 atom stereocenters. The van der Waals surface area contributed by atoms with E-state index in [1.807, 2.05) is 6.92 Å². The number of thiocarbonyl (C=S) groups is 1. The highest BCUT2D eigenvalue weighted by molar-refractivity contribution is 7.80. The van der Waals surface area contributed by atoms with Crippen molar-refractivity contribution < 1.29 is 33.5 Å². The van der Waals surface area contributed by atoms with Crippen LogP contribution in [0.15, 0.2) is 83.1 Å². The third-order valence-electron chi connectivity index (χ3n) is 6.54. The molecule has 3 N–H and O–H groups in total. The maximum atomic E-state index is 12.8. The van der Waals surface area contributed by atoms with Gasteiger partial charge in [-0.3, -0.25) is 14.9 Å². The number of nitrogens with zero attached hydrogens (tertiary/aromatic N) is 2. The molecule has 0 unspecified atom stereocenters. The molecular formula is C32H33N5O8S. The lowest BCUT2D eigenvalue weighted by Crippen LogP contribution is -2.45. The summed E-state index contributed by atoms with van der Waals surface area (Å²) in [6.45, 7) is 5.62. The molecule has 240 valence electrons. The number of benzene rings is 3. The number of nitro groups is 1. The van der Waals surface area contributed by atoms with Gasteiger partial charge in [-0.2, -0.15) is 5.10 Å². The minimum atomic E-state index is -0.650. The molecule has 3 aromatic carbocycles. The lowest BCUT2D eigenvalue weighted by molar-refractivity contribution is -0.384. The van der Waals surface area contributed by atoms with Crippen LogP contribution in [0.3, 0.4) is 0 Å². The van der Waals surface area contributed by atoms with Crippen molar-refractivity contribution in [1.29, 1.82) is 0 Å². The van der Waals surface area contributed by atoms with Gasteiger partial charge in [0.1, 0.15) is 12.4 Å². The van der Waals surface area contributed by atoms with Crippen LogP contribution >= 0.6 is 12.2 Å². The van der Waals surface area contributed by atoms with Crippen molar-refractivity contribution >= 4 is 41.1 Å². The number of ether oxygens (including phenoxy) is 4. The molecule has 13 nitrogen and oxygen atoms in total. The zero-order valence-electron chi connectivity index (χ0n) is 25.4. The molecule has 0 saturated carbocycles. The van der Waals surface area contributed by atoms with Gasteiger partial charge in [0.2, 0.25) is 0 Å². The van der Waals surface area contributed by atoms with Crippen LogP contribution in [0.5, 0.6) is 17.2 Å². The normalized spacial score (nSPS) is 14.2. The topological polar surface area (TPSA) is 163 Å². The highest BCUT2D eigenvalue weighted by atomic mass is 32.1. The summed E-state index contributed by atoms with van der Waals surface area (Å²) >= 11 is 5.31. The Kier molecular flexibility index (Phi) is 11.6. The number of carbonyl (C=O) groups excluding carboxylic acids is 2. The Balaban J connectivity index is 1.38. The molecule has 46 heavy (non-hydrogen) atoms. The smallest absolute Gasteiger partial charge is 0.338 e. The molecule has 1 aliphatic rings. The van der Waals surface area contributed by atoms with E-state index in [-0.39, 0.29) is 25.5 Å². The SMILES string of the molecule is CCOC(=O)C1=C(C)NC(=S)N[C@H]1c1ccccc1OCC(=O)NN=Cc1ccc(OCc2cccc([N+](=O)[O-])c2)c(OCC)c1. The molecule has 0 aliphatic carbocycles. The van der Waals surface area contributed by atoms with Gasteiger partial charge in [-0.1, -0.05) is 30.3 Å². The summed E-state index contributed by atoms with van der Waals surface area (Å²) in [5, 5.41) is 21.4. The fourth-order valence-corrected chi connectivity index (χ4v) is 4.80. The van der Waals surface area contributed by atoms with E-state index in [1.165, 1.54) is 18.3 Å². The minimum absolute atomic E-state index is 0.0202. The van der Waals surface area contributed by atoms with Crippen molar-refractivity contribution in [3.05, 3.63) is 105 Å². The van der Waals surface area contributed by atoms with Crippen molar-refractivity contribution in [3.63, 3.8) is 0 Å². The second kappa shape index (κ2) is 16.0. The Hall–Kier alpha value is -5.50. The summed E-state index contributed by atoms with van der Waals surface area (Å²) in [6.07, 6.45) is 1.44. The van der Waals surface area contributed by atoms with Gasteiger partial charge in [0, 0.05) is 23.4 Å². The Bertz CT molecular complexity index is 1680. The molecule has 1 heterocycles. The molecule has 0 fully saturated rings. The maximum absolute atomic E-state index is 12.8. The number of amides is 1. The summed E-state index contributed by atoms with van der Waals surface area (Å²) < 4.78 is 22.6. The van der Waals surface area contributed by atoms with Gasteiger partial charge in [0.25, 0.3) is 11.6 Å². The van der Waals surface area contributed by atoms with Gasteiger partial charge in [-0.05, 0) is 68.4 Å². The third kappa shape index (κ3) is 8.79. The van der Waals surface area contributed by atoms with Crippen molar-refractivity contribution in [1.82, 2.24) is 16.1 Å². The summed E-state index contributed by atoms with van der Waals surface area (Å²) in [5.74, 6) is 0.255. The van der Waals surface area contributed by atoms with E-state index in [0.717, 1.165) is 0 Å². The van der Waals surface area contributed by atoms with Crippen LogP contribution in [0, 0.1) is 10.1 Å². The van der Waals surface area contributed by atoms with E-state index in [2.05, 4.69) is 21.2 Å². The quantitative estimate of drug-likeness (QED) is 0.0745. The van der Waals surface area contributed by atoms with E-state index in [0.29, 0.717) is 56.9 Å². The highest BCUT2D eigenvalue weighted by Gasteiger charge is 2.32. The van der Waals surface area contributed by atoms with Crippen molar-refractivity contribution in [3.8, 4) is 17.2 Å². The van der Waals surface area contributed by atoms with Crippen LogP contribution in [0.1, 0.15) is 43.5 Å². The molecule has 14 heteroatoms. The Labute approximate surface area is 270 Å². The number of para-hydroxylation sites is 1. The first-order valence-electron chi connectivity index (χ1n) is 14.3. The molecule has 3 aromatic rings.